The van der Waals surface area contributed by atoms with Crippen LogP contribution in [0.2, 0.25) is 0 Å². The van der Waals surface area contributed by atoms with Gasteiger partial charge in [0.05, 0.1) is 18.1 Å². The summed E-state index contributed by atoms with van der Waals surface area (Å²) in [6.45, 7) is 5.23. The second-order valence-electron chi connectivity index (χ2n) is 10.8. The van der Waals surface area contributed by atoms with Gasteiger partial charge in [-0.05, 0) is 31.6 Å². The molecule has 0 aliphatic carbocycles. The van der Waals surface area contributed by atoms with Crippen molar-refractivity contribution < 1.29 is 18.8 Å². The van der Waals surface area contributed by atoms with Crippen LogP contribution in [0, 0.1) is 5.92 Å². The number of ether oxygens (including phenoxy) is 2. The Morgan fingerprint density at radius 1 is 0.917 bits per heavy atom. The molecule has 0 unspecified atom stereocenters. The van der Waals surface area contributed by atoms with Crippen molar-refractivity contribution in [1.29, 1.82) is 0 Å². The smallest absolute Gasteiger partial charge is 0.407 e. The van der Waals surface area contributed by atoms with Gasteiger partial charge in [0, 0.05) is 13.0 Å². The summed E-state index contributed by atoms with van der Waals surface area (Å²) in [5.41, 5.74) is 2.13. The summed E-state index contributed by atoms with van der Waals surface area (Å²) >= 11 is 1.72. The van der Waals surface area contributed by atoms with Crippen molar-refractivity contribution in [3.63, 3.8) is 0 Å². The molecule has 2 rings (SSSR count). The SMILES string of the molecule is CCCCCCCCCCCCCCCC[C@@H]1CO[C@@H](COC(=O)NCCCCC[n+]2ccsc2)C1. The summed E-state index contributed by atoms with van der Waals surface area (Å²) in [4.78, 5) is 11.9. The molecule has 5 nitrogen and oxygen atoms in total. The molecule has 2 atom stereocenters. The van der Waals surface area contributed by atoms with Gasteiger partial charge < -0.3 is 14.8 Å². The van der Waals surface area contributed by atoms with Gasteiger partial charge in [-0.15, -0.1) is 0 Å². The van der Waals surface area contributed by atoms with Crippen LogP contribution in [0.4, 0.5) is 4.79 Å². The fraction of sp³-hybridized carbons (Fsp3) is 0.867. The largest absolute Gasteiger partial charge is 0.447 e. The number of thiazole rings is 1. The lowest BCUT2D eigenvalue weighted by Gasteiger charge is -2.11. The lowest BCUT2D eigenvalue weighted by Crippen LogP contribution is -2.30. The lowest BCUT2D eigenvalue weighted by molar-refractivity contribution is -0.692. The van der Waals surface area contributed by atoms with Crippen LogP contribution >= 0.6 is 11.3 Å². The van der Waals surface area contributed by atoms with E-state index in [1.807, 2.05) is 0 Å². The number of nitrogens with one attached hydrogen (secondary N) is 1. The highest BCUT2D eigenvalue weighted by atomic mass is 32.1. The fourth-order valence-corrected chi connectivity index (χ4v) is 5.75. The first-order chi connectivity index (χ1) is 17.8. The molecule has 36 heavy (non-hydrogen) atoms. The van der Waals surface area contributed by atoms with Crippen LogP contribution in [0.3, 0.4) is 0 Å². The van der Waals surface area contributed by atoms with Gasteiger partial charge in [-0.25, -0.2) is 4.79 Å². The molecule has 1 fully saturated rings. The van der Waals surface area contributed by atoms with Gasteiger partial charge in [-0.3, -0.25) is 0 Å². The minimum absolute atomic E-state index is 0.0787. The first kappa shape index (κ1) is 31.1. The number of unbranched alkanes of at least 4 members (excludes halogenated alkanes) is 15. The monoisotopic (exact) mass is 523 g/mol. The molecule has 0 bridgehead atoms. The van der Waals surface area contributed by atoms with E-state index in [2.05, 4.69) is 33.9 Å². The molecular formula is C30H55N2O3S+. The molecular weight excluding hydrogens is 468 g/mol. The Morgan fingerprint density at radius 3 is 2.19 bits per heavy atom. The number of aryl methyl sites for hydroxylation is 1. The van der Waals surface area contributed by atoms with E-state index >= 15 is 0 Å². The second kappa shape index (κ2) is 21.9. The van der Waals surface area contributed by atoms with Crippen molar-refractivity contribution in [2.24, 2.45) is 5.92 Å². The standard InChI is InChI=1S/C30H54N2O3S/c1-2-3-4-5-6-7-8-9-10-11-12-13-14-16-19-28-24-29(34-25-28)26-35-30(33)31-20-17-15-18-21-32-22-23-36-27-32/h22-23,27-29H,2-21,24-26H2,1H3/p+1/t28-,29+/m0/s1. The normalized spacial score (nSPS) is 17.5. The molecule has 1 aromatic rings. The highest BCUT2D eigenvalue weighted by Gasteiger charge is 2.26. The molecule has 1 N–H and O–H groups in total. The van der Waals surface area contributed by atoms with E-state index in [-0.39, 0.29) is 12.2 Å². The quantitative estimate of drug-likeness (QED) is 0.116. The van der Waals surface area contributed by atoms with Gasteiger partial charge in [-0.1, -0.05) is 108 Å². The van der Waals surface area contributed by atoms with Crippen LogP contribution in [0.15, 0.2) is 17.1 Å². The number of hydrogen-bond acceptors (Lipinski definition) is 4. The molecule has 1 aromatic heterocycles. The number of alkyl carbamates (subject to hydrolysis) is 1. The summed E-state index contributed by atoms with van der Waals surface area (Å²) in [6, 6.07) is 0. The van der Waals surface area contributed by atoms with Crippen molar-refractivity contribution in [1.82, 2.24) is 5.32 Å². The number of hydrogen-bond donors (Lipinski definition) is 1. The molecule has 0 spiro atoms. The molecule has 0 saturated carbocycles. The van der Waals surface area contributed by atoms with Crippen LogP contribution in [0.5, 0.6) is 0 Å². The van der Waals surface area contributed by atoms with Gasteiger partial charge in [-0.2, -0.15) is 4.57 Å². The number of rotatable bonds is 23. The molecule has 1 aliphatic heterocycles. The predicted molar refractivity (Wildman–Crippen MR) is 150 cm³/mol. The zero-order chi connectivity index (χ0) is 25.5. The van der Waals surface area contributed by atoms with Gasteiger partial charge in [0.15, 0.2) is 6.20 Å². The Bertz CT molecular complexity index is 626. The van der Waals surface area contributed by atoms with E-state index in [9.17, 15) is 4.79 Å². The zero-order valence-electron chi connectivity index (χ0n) is 23.2. The summed E-state index contributed by atoms with van der Waals surface area (Å²) in [5, 5.41) is 4.96. The Morgan fingerprint density at radius 2 is 1.56 bits per heavy atom. The average Bonchev–Trinajstić information content (AvgIpc) is 3.57. The Kier molecular flexibility index (Phi) is 18.9. The third-order valence-electron chi connectivity index (χ3n) is 7.42. The number of nitrogens with zero attached hydrogens (tertiary/aromatic N) is 1. The Labute approximate surface area is 225 Å². The van der Waals surface area contributed by atoms with E-state index < -0.39 is 0 Å². The minimum Gasteiger partial charge on any atom is -0.447 e. The van der Waals surface area contributed by atoms with E-state index in [0.717, 1.165) is 38.8 Å². The zero-order valence-corrected chi connectivity index (χ0v) is 24.0. The predicted octanol–water partition coefficient (Wildman–Crippen LogP) is 8.21. The molecule has 1 amide bonds. The van der Waals surface area contributed by atoms with Gasteiger partial charge >= 0.3 is 6.09 Å². The van der Waals surface area contributed by atoms with E-state index in [1.54, 1.807) is 11.3 Å². The van der Waals surface area contributed by atoms with Crippen molar-refractivity contribution in [2.45, 2.75) is 142 Å². The maximum Gasteiger partial charge on any atom is 0.407 e. The van der Waals surface area contributed by atoms with E-state index in [0.29, 0.717) is 19.1 Å². The third kappa shape index (κ3) is 16.6. The first-order valence-corrected chi connectivity index (χ1v) is 16.2. The van der Waals surface area contributed by atoms with Crippen molar-refractivity contribution in [3.8, 4) is 0 Å². The fourth-order valence-electron chi connectivity index (χ4n) is 5.12. The minimum atomic E-state index is -0.304. The molecule has 208 valence electrons. The number of amides is 1. The molecule has 2 heterocycles. The summed E-state index contributed by atoms with van der Waals surface area (Å²) in [6.07, 6.45) is 27.1. The molecule has 0 aromatic carbocycles. The van der Waals surface area contributed by atoms with Crippen LogP contribution in [-0.4, -0.2) is 32.0 Å². The van der Waals surface area contributed by atoms with Crippen molar-refractivity contribution >= 4 is 17.4 Å². The van der Waals surface area contributed by atoms with Gasteiger partial charge in [0.1, 0.15) is 13.2 Å². The summed E-state index contributed by atoms with van der Waals surface area (Å²) in [7, 11) is 0. The van der Waals surface area contributed by atoms with Crippen LogP contribution in [-0.2, 0) is 16.0 Å². The molecule has 1 aliphatic rings. The van der Waals surface area contributed by atoms with Crippen LogP contribution < -0.4 is 9.88 Å². The first-order valence-electron chi connectivity index (χ1n) is 15.2. The topological polar surface area (TPSA) is 51.4 Å². The van der Waals surface area contributed by atoms with Crippen LogP contribution in [0.25, 0.3) is 0 Å². The highest BCUT2D eigenvalue weighted by Crippen LogP contribution is 2.25. The molecule has 6 heteroatoms. The summed E-state index contributed by atoms with van der Waals surface area (Å²) < 4.78 is 13.5. The number of carbonyl (C=O) groups is 1. The van der Waals surface area contributed by atoms with Gasteiger partial charge in [0.25, 0.3) is 0 Å². The highest BCUT2D eigenvalue weighted by molar-refractivity contribution is 7.07. The molecule has 1 saturated heterocycles. The van der Waals surface area contributed by atoms with Gasteiger partial charge in [0.2, 0.25) is 5.51 Å². The maximum atomic E-state index is 11.9. The summed E-state index contributed by atoms with van der Waals surface area (Å²) in [5.74, 6) is 0.639. The van der Waals surface area contributed by atoms with Crippen molar-refractivity contribution in [3.05, 3.63) is 17.1 Å². The lowest BCUT2D eigenvalue weighted by atomic mass is 9.97. The Balaban J connectivity index is 1.30. The average molecular weight is 524 g/mol. The second-order valence-corrected chi connectivity index (χ2v) is 11.5. The van der Waals surface area contributed by atoms with Crippen LogP contribution in [0.1, 0.15) is 129 Å². The van der Waals surface area contributed by atoms with E-state index in [4.69, 9.17) is 9.47 Å². The molecule has 0 radical (unpaired) electrons. The number of aromatic nitrogens is 1. The third-order valence-corrected chi connectivity index (χ3v) is 8.09. The van der Waals surface area contributed by atoms with E-state index in [1.165, 1.54) is 96.3 Å². The Hall–Kier alpha value is -1.14. The van der Waals surface area contributed by atoms with Crippen molar-refractivity contribution in [2.75, 3.05) is 19.8 Å². The maximum absolute atomic E-state index is 11.9. The number of carbonyl (C=O) groups excluding carboxylic acids is 1.